The van der Waals surface area contributed by atoms with Crippen molar-refractivity contribution in [2.75, 3.05) is 27.2 Å². The maximum atomic E-state index is 12.7. The third kappa shape index (κ3) is 4.21. The summed E-state index contributed by atoms with van der Waals surface area (Å²) in [4.78, 5) is 26.6. The fourth-order valence-electron chi connectivity index (χ4n) is 4.24. The summed E-state index contributed by atoms with van der Waals surface area (Å²) in [5, 5.41) is 3.29. The summed E-state index contributed by atoms with van der Waals surface area (Å²) in [7, 11) is 3.53. The molecular weight excluding hydrogens is 316 g/mol. The number of esters is 1. The number of nitrogens with zero attached hydrogens (tertiary/aromatic N) is 1. The lowest BCUT2D eigenvalue weighted by atomic mass is 9.81. The average molecular weight is 344 g/mol. The number of benzene rings is 1. The van der Waals surface area contributed by atoms with Gasteiger partial charge in [0.05, 0.1) is 13.0 Å². The van der Waals surface area contributed by atoms with Gasteiger partial charge < -0.3 is 15.0 Å². The van der Waals surface area contributed by atoms with E-state index < -0.39 is 0 Å². The molecule has 5 nitrogen and oxygen atoms in total. The summed E-state index contributed by atoms with van der Waals surface area (Å²) < 4.78 is 4.82. The van der Waals surface area contributed by atoms with Gasteiger partial charge in [-0.05, 0) is 38.3 Å². The Bertz CT molecular complexity index is 596. The minimum absolute atomic E-state index is 0.0169. The number of amides is 1. The molecule has 2 fully saturated rings. The normalized spacial score (nSPS) is 30.0. The minimum atomic E-state index is -0.139. The van der Waals surface area contributed by atoms with E-state index in [1.807, 2.05) is 6.07 Å². The minimum Gasteiger partial charge on any atom is -0.469 e. The van der Waals surface area contributed by atoms with Crippen LogP contribution in [0, 0.1) is 11.8 Å². The summed E-state index contributed by atoms with van der Waals surface area (Å²) in [5.41, 5.74) is 1.28. The summed E-state index contributed by atoms with van der Waals surface area (Å²) in [6.45, 7) is 1.84. The highest BCUT2D eigenvalue weighted by molar-refractivity contribution is 5.80. The van der Waals surface area contributed by atoms with E-state index >= 15 is 0 Å². The lowest BCUT2D eigenvalue weighted by Gasteiger charge is -2.28. The number of carbonyl (C=O) groups excluding carboxylic acids is 2. The fraction of sp³-hybridized carbons (Fsp3) is 0.600. The van der Waals surface area contributed by atoms with Crippen molar-refractivity contribution >= 4 is 11.9 Å². The molecule has 1 saturated heterocycles. The molecule has 0 aromatic heterocycles. The van der Waals surface area contributed by atoms with Crippen LogP contribution in [0.15, 0.2) is 30.3 Å². The number of nitrogens with one attached hydrogen (secondary N) is 1. The highest BCUT2D eigenvalue weighted by Crippen LogP contribution is 2.31. The number of methoxy groups -OCH3 is 1. The first-order chi connectivity index (χ1) is 12.1. The lowest BCUT2D eigenvalue weighted by molar-refractivity contribution is -0.147. The van der Waals surface area contributed by atoms with Crippen molar-refractivity contribution in [1.29, 1.82) is 0 Å². The first-order valence-corrected chi connectivity index (χ1v) is 9.20. The zero-order valence-electron chi connectivity index (χ0n) is 15.1. The van der Waals surface area contributed by atoms with Crippen LogP contribution in [0.2, 0.25) is 0 Å². The maximum absolute atomic E-state index is 12.7. The molecule has 1 saturated carbocycles. The topological polar surface area (TPSA) is 58.6 Å². The van der Waals surface area contributed by atoms with Gasteiger partial charge >= 0.3 is 5.97 Å². The molecule has 1 heterocycles. The smallest absolute Gasteiger partial charge is 0.308 e. The van der Waals surface area contributed by atoms with E-state index in [2.05, 4.69) is 41.5 Å². The van der Waals surface area contributed by atoms with Crippen LogP contribution in [-0.4, -0.2) is 50.1 Å². The number of likely N-dealkylation sites (tertiary alicyclic amines) is 1. The Morgan fingerprint density at radius 3 is 2.32 bits per heavy atom. The molecule has 1 aliphatic carbocycles. The van der Waals surface area contributed by atoms with Crippen LogP contribution in [0.5, 0.6) is 0 Å². The SMILES string of the molecule is COC(=O)C1CCC(C(=O)N[C@H]2CN(C)C[C@@H]2c2ccccc2)CC1. The van der Waals surface area contributed by atoms with E-state index in [-0.39, 0.29) is 29.8 Å². The van der Waals surface area contributed by atoms with Crippen molar-refractivity contribution in [3.8, 4) is 0 Å². The third-order valence-electron chi connectivity index (χ3n) is 5.69. The van der Waals surface area contributed by atoms with E-state index in [0.29, 0.717) is 5.92 Å². The number of carbonyl (C=O) groups is 2. The molecule has 2 atom stereocenters. The molecule has 1 aromatic carbocycles. The number of likely N-dealkylation sites (N-methyl/N-ethyl adjacent to an activating group) is 1. The van der Waals surface area contributed by atoms with Gasteiger partial charge in [0, 0.05) is 31.0 Å². The highest BCUT2D eigenvalue weighted by atomic mass is 16.5. The first-order valence-electron chi connectivity index (χ1n) is 9.20. The first kappa shape index (κ1) is 17.9. The molecule has 1 aromatic rings. The molecule has 136 valence electrons. The van der Waals surface area contributed by atoms with Crippen LogP contribution in [0.25, 0.3) is 0 Å². The van der Waals surface area contributed by atoms with Crippen molar-refractivity contribution in [3.63, 3.8) is 0 Å². The van der Waals surface area contributed by atoms with E-state index in [9.17, 15) is 9.59 Å². The average Bonchev–Trinajstić information content (AvgIpc) is 3.02. The second kappa shape index (κ2) is 8.00. The highest BCUT2D eigenvalue weighted by Gasteiger charge is 2.36. The van der Waals surface area contributed by atoms with Gasteiger partial charge in [0.2, 0.25) is 5.91 Å². The molecule has 0 bridgehead atoms. The second-order valence-corrected chi connectivity index (χ2v) is 7.43. The Balaban J connectivity index is 1.58. The molecule has 2 aliphatic rings. The van der Waals surface area contributed by atoms with Crippen molar-refractivity contribution < 1.29 is 14.3 Å². The van der Waals surface area contributed by atoms with Crippen LogP contribution in [-0.2, 0) is 14.3 Å². The predicted molar refractivity (Wildman–Crippen MR) is 96.1 cm³/mol. The van der Waals surface area contributed by atoms with Gasteiger partial charge in [0.25, 0.3) is 0 Å². The second-order valence-electron chi connectivity index (χ2n) is 7.43. The molecule has 5 heteroatoms. The van der Waals surface area contributed by atoms with Gasteiger partial charge in [0.1, 0.15) is 0 Å². The van der Waals surface area contributed by atoms with Crippen LogP contribution in [0.1, 0.15) is 37.2 Å². The number of hydrogen-bond donors (Lipinski definition) is 1. The van der Waals surface area contributed by atoms with E-state index in [1.54, 1.807) is 0 Å². The molecular formula is C20H28N2O3. The summed E-state index contributed by atoms with van der Waals surface area (Å²) in [6, 6.07) is 10.6. The fourth-order valence-corrected chi connectivity index (χ4v) is 4.24. The lowest BCUT2D eigenvalue weighted by Crippen LogP contribution is -2.43. The van der Waals surface area contributed by atoms with Gasteiger partial charge in [-0.1, -0.05) is 30.3 Å². The number of rotatable bonds is 4. The van der Waals surface area contributed by atoms with Crippen molar-refractivity contribution in [2.24, 2.45) is 11.8 Å². The zero-order valence-corrected chi connectivity index (χ0v) is 15.1. The molecule has 1 N–H and O–H groups in total. The van der Waals surface area contributed by atoms with Crippen LogP contribution >= 0.6 is 0 Å². The van der Waals surface area contributed by atoms with Crippen molar-refractivity contribution in [3.05, 3.63) is 35.9 Å². The quantitative estimate of drug-likeness (QED) is 0.851. The summed E-state index contributed by atoms with van der Waals surface area (Å²) in [6.07, 6.45) is 3.03. The summed E-state index contributed by atoms with van der Waals surface area (Å²) >= 11 is 0. The van der Waals surface area contributed by atoms with Crippen LogP contribution in [0.4, 0.5) is 0 Å². The maximum Gasteiger partial charge on any atom is 0.308 e. The molecule has 0 unspecified atom stereocenters. The standard InChI is InChI=1S/C20H28N2O3/c1-22-12-17(14-6-4-3-5-7-14)18(13-22)21-19(23)15-8-10-16(11-9-15)20(24)25-2/h3-7,15-18H,8-13H2,1-2H3,(H,21,23)/t15?,16?,17-,18+/m1/s1. The molecule has 1 amide bonds. The third-order valence-corrected chi connectivity index (χ3v) is 5.69. The Labute approximate surface area is 149 Å². The van der Waals surface area contributed by atoms with E-state index in [4.69, 9.17) is 4.74 Å². The Hall–Kier alpha value is -1.88. The number of hydrogen-bond acceptors (Lipinski definition) is 4. The number of ether oxygens (including phenoxy) is 1. The predicted octanol–water partition coefficient (Wildman–Crippen LogP) is 2.18. The largest absolute Gasteiger partial charge is 0.469 e. The summed E-state index contributed by atoms with van der Waals surface area (Å²) in [5.74, 6) is 0.318. The van der Waals surface area contributed by atoms with Crippen molar-refractivity contribution in [2.45, 2.75) is 37.6 Å². The molecule has 3 rings (SSSR count). The van der Waals surface area contributed by atoms with Crippen molar-refractivity contribution in [1.82, 2.24) is 10.2 Å². The molecule has 0 spiro atoms. The van der Waals surface area contributed by atoms with Crippen LogP contribution < -0.4 is 5.32 Å². The molecule has 1 aliphatic heterocycles. The Kier molecular flexibility index (Phi) is 5.74. The molecule has 25 heavy (non-hydrogen) atoms. The van der Waals surface area contributed by atoms with E-state index in [0.717, 1.165) is 38.8 Å². The monoisotopic (exact) mass is 344 g/mol. The van der Waals surface area contributed by atoms with E-state index in [1.165, 1.54) is 12.7 Å². The molecule has 0 radical (unpaired) electrons. The van der Waals surface area contributed by atoms with Gasteiger partial charge in [-0.15, -0.1) is 0 Å². The Morgan fingerprint density at radius 2 is 1.68 bits per heavy atom. The zero-order chi connectivity index (χ0) is 17.8. The van der Waals surface area contributed by atoms with Gasteiger partial charge in [-0.25, -0.2) is 0 Å². The van der Waals surface area contributed by atoms with Crippen LogP contribution in [0.3, 0.4) is 0 Å². The Morgan fingerprint density at radius 1 is 1.04 bits per heavy atom. The van der Waals surface area contributed by atoms with Gasteiger partial charge in [0.15, 0.2) is 0 Å². The van der Waals surface area contributed by atoms with Gasteiger partial charge in [-0.3, -0.25) is 9.59 Å². The van der Waals surface area contributed by atoms with Gasteiger partial charge in [-0.2, -0.15) is 0 Å².